The van der Waals surface area contributed by atoms with Gasteiger partial charge in [0.05, 0.1) is 12.8 Å². The van der Waals surface area contributed by atoms with Gasteiger partial charge in [0.25, 0.3) is 12.2 Å². The number of likely N-dealkylation sites (tertiary alicyclic amines) is 1. The smallest absolute Gasteiger partial charge is 0.280 e. The molecule has 2 aromatic heterocycles. The molecule has 3 aromatic rings. The van der Waals surface area contributed by atoms with E-state index in [9.17, 15) is 8.78 Å². The number of aromatic nitrogens is 4. The Morgan fingerprint density at radius 3 is 3.00 bits per heavy atom. The molecule has 1 aromatic carbocycles. The third kappa shape index (κ3) is 4.27. The molecular formula is C21H23F2N5O. The molecule has 8 heteroatoms. The van der Waals surface area contributed by atoms with Crippen LogP contribution in [0.1, 0.15) is 42.1 Å². The minimum Gasteiger partial charge on any atom is -0.496 e. The van der Waals surface area contributed by atoms with Crippen molar-refractivity contribution in [3.8, 4) is 5.75 Å². The van der Waals surface area contributed by atoms with E-state index in [2.05, 4.69) is 32.1 Å². The number of fused-ring (bicyclic) bond motifs is 1. The van der Waals surface area contributed by atoms with Crippen LogP contribution in [0.4, 0.5) is 8.78 Å². The predicted octanol–water partition coefficient (Wildman–Crippen LogP) is 3.96. The van der Waals surface area contributed by atoms with E-state index in [1.54, 1.807) is 7.11 Å². The largest absolute Gasteiger partial charge is 0.496 e. The molecule has 6 nitrogen and oxygen atoms in total. The maximum absolute atomic E-state index is 13.4. The summed E-state index contributed by atoms with van der Waals surface area (Å²) in [6, 6.07) is 9.34. The van der Waals surface area contributed by atoms with Crippen LogP contribution in [0.2, 0.25) is 0 Å². The lowest BCUT2D eigenvalue weighted by Gasteiger charge is -2.31. The number of nitrogens with zero attached hydrogens (tertiary/aromatic N) is 5. The lowest BCUT2D eigenvalue weighted by Crippen LogP contribution is -2.34. The molecular weight excluding hydrogens is 376 g/mol. The van der Waals surface area contributed by atoms with Crippen molar-refractivity contribution in [3.05, 3.63) is 59.7 Å². The fourth-order valence-electron chi connectivity index (χ4n) is 3.81. The molecule has 4 rings (SSSR count). The average molecular weight is 399 g/mol. The molecule has 1 aliphatic heterocycles. The lowest BCUT2D eigenvalue weighted by molar-refractivity contribution is 0.142. The van der Waals surface area contributed by atoms with Gasteiger partial charge in [-0.1, -0.05) is 30.4 Å². The molecule has 0 N–H and O–H groups in total. The summed E-state index contributed by atoms with van der Waals surface area (Å²) in [5.41, 5.74) is 1.54. The van der Waals surface area contributed by atoms with Crippen molar-refractivity contribution in [2.24, 2.45) is 0 Å². The second-order valence-electron chi connectivity index (χ2n) is 7.12. The zero-order chi connectivity index (χ0) is 20.2. The van der Waals surface area contributed by atoms with Crippen molar-refractivity contribution < 1.29 is 13.5 Å². The second kappa shape index (κ2) is 8.65. The maximum Gasteiger partial charge on any atom is 0.280 e. The molecule has 0 bridgehead atoms. The summed E-state index contributed by atoms with van der Waals surface area (Å²) in [6.07, 6.45) is 4.72. The number of benzene rings is 1. The SMILES string of the molecule is COc1ccccc1C=CCN1CCCC(c2cc(C(F)F)n3ncnc3n2)C1. The van der Waals surface area contributed by atoms with E-state index in [1.165, 1.54) is 12.4 Å². The third-order valence-electron chi connectivity index (χ3n) is 5.25. The van der Waals surface area contributed by atoms with E-state index in [-0.39, 0.29) is 17.4 Å². The highest BCUT2D eigenvalue weighted by molar-refractivity contribution is 5.57. The van der Waals surface area contributed by atoms with Crippen molar-refractivity contribution in [2.75, 3.05) is 26.7 Å². The van der Waals surface area contributed by atoms with Crippen LogP contribution >= 0.6 is 0 Å². The van der Waals surface area contributed by atoms with Gasteiger partial charge in [-0.05, 0) is 31.5 Å². The minimum absolute atomic E-state index is 0.0996. The molecule has 0 spiro atoms. The Kier molecular flexibility index (Phi) is 5.80. The van der Waals surface area contributed by atoms with Crippen molar-refractivity contribution in [3.63, 3.8) is 0 Å². The molecule has 1 aliphatic rings. The predicted molar refractivity (Wildman–Crippen MR) is 106 cm³/mol. The highest BCUT2D eigenvalue weighted by atomic mass is 19.3. The number of ether oxygens (including phenoxy) is 1. The Morgan fingerprint density at radius 1 is 1.31 bits per heavy atom. The summed E-state index contributed by atoms with van der Waals surface area (Å²) in [4.78, 5) is 10.8. The maximum atomic E-state index is 13.4. The van der Waals surface area contributed by atoms with Gasteiger partial charge in [0.2, 0.25) is 0 Å². The number of hydrogen-bond acceptors (Lipinski definition) is 5. The molecule has 152 valence electrons. The topological polar surface area (TPSA) is 55.6 Å². The average Bonchev–Trinajstić information content (AvgIpc) is 3.22. The number of methoxy groups -OCH3 is 1. The van der Waals surface area contributed by atoms with E-state index < -0.39 is 6.43 Å². The monoisotopic (exact) mass is 399 g/mol. The first-order valence-corrected chi connectivity index (χ1v) is 9.66. The van der Waals surface area contributed by atoms with Crippen LogP contribution < -0.4 is 4.74 Å². The molecule has 0 amide bonds. The van der Waals surface area contributed by atoms with Crippen LogP contribution in [0.3, 0.4) is 0 Å². The zero-order valence-electron chi connectivity index (χ0n) is 16.2. The quantitative estimate of drug-likeness (QED) is 0.628. The lowest BCUT2D eigenvalue weighted by atomic mass is 9.94. The number of halogens is 2. The molecule has 29 heavy (non-hydrogen) atoms. The Hall–Kier alpha value is -2.87. The first-order valence-electron chi connectivity index (χ1n) is 9.66. The van der Waals surface area contributed by atoms with E-state index >= 15 is 0 Å². The molecule has 1 saturated heterocycles. The molecule has 0 radical (unpaired) electrons. The third-order valence-corrected chi connectivity index (χ3v) is 5.25. The summed E-state index contributed by atoms with van der Waals surface area (Å²) >= 11 is 0. The fraction of sp³-hybridized carbons (Fsp3) is 0.381. The van der Waals surface area contributed by atoms with Gasteiger partial charge in [-0.15, -0.1) is 0 Å². The molecule has 1 unspecified atom stereocenters. The van der Waals surface area contributed by atoms with Crippen LogP contribution in [0.25, 0.3) is 11.9 Å². The summed E-state index contributed by atoms with van der Waals surface area (Å²) in [6.45, 7) is 2.53. The number of piperidine rings is 1. The van der Waals surface area contributed by atoms with E-state index in [0.29, 0.717) is 5.69 Å². The van der Waals surface area contributed by atoms with Crippen LogP contribution in [0.5, 0.6) is 5.75 Å². The number of para-hydroxylation sites is 1. The normalized spacial score (nSPS) is 18.1. The Morgan fingerprint density at radius 2 is 2.17 bits per heavy atom. The first-order chi connectivity index (χ1) is 14.2. The fourth-order valence-corrected chi connectivity index (χ4v) is 3.81. The van der Waals surface area contributed by atoms with Gasteiger partial charge in [-0.2, -0.15) is 14.6 Å². The summed E-state index contributed by atoms with van der Waals surface area (Å²) < 4.78 is 33.4. The number of hydrogen-bond donors (Lipinski definition) is 0. The van der Waals surface area contributed by atoms with Crippen LogP contribution in [0.15, 0.2) is 42.7 Å². The van der Waals surface area contributed by atoms with Crippen LogP contribution in [0, 0.1) is 0 Å². The van der Waals surface area contributed by atoms with E-state index in [0.717, 1.165) is 48.3 Å². The summed E-state index contributed by atoms with van der Waals surface area (Å²) in [7, 11) is 1.66. The van der Waals surface area contributed by atoms with Gasteiger partial charge in [0, 0.05) is 24.6 Å². The van der Waals surface area contributed by atoms with Crippen molar-refractivity contribution in [1.29, 1.82) is 0 Å². The highest BCUT2D eigenvalue weighted by Gasteiger charge is 2.25. The standard InChI is InChI=1S/C21H23F2N5O/c1-29-19-9-3-2-6-15(19)7-4-10-27-11-5-8-16(13-27)17-12-18(20(22)23)28-21(26-17)24-14-25-28/h2-4,6-7,9,12,14,16,20H,5,8,10-11,13H2,1H3. The summed E-state index contributed by atoms with van der Waals surface area (Å²) in [5.74, 6) is 1.17. The Labute approximate surface area is 167 Å². The number of alkyl halides is 2. The Bertz CT molecular complexity index is 1000. The van der Waals surface area contributed by atoms with Gasteiger partial charge in [-0.3, -0.25) is 4.90 Å². The minimum atomic E-state index is -2.62. The van der Waals surface area contributed by atoms with Crippen molar-refractivity contribution >= 4 is 11.9 Å². The van der Waals surface area contributed by atoms with Gasteiger partial charge >= 0.3 is 0 Å². The van der Waals surface area contributed by atoms with Crippen molar-refractivity contribution in [2.45, 2.75) is 25.2 Å². The molecule has 0 saturated carbocycles. The molecule has 3 heterocycles. The van der Waals surface area contributed by atoms with Crippen LogP contribution in [-0.4, -0.2) is 51.2 Å². The number of rotatable bonds is 6. The van der Waals surface area contributed by atoms with E-state index in [1.807, 2.05) is 24.3 Å². The van der Waals surface area contributed by atoms with Gasteiger partial charge < -0.3 is 4.74 Å². The van der Waals surface area contributed by atoms with Crippen LogP contribution in [-0.2, 0) is 0 Å². The molecule has 0 aliphatic carbocycles. The van der Waals surface area contributed by atoms with Crippen molar-refractivity contribution in [1.82, 2.24) is 24.5 Å². The zero-order valence-corrected chi connectivity index (χ0v) is 16.2. The van der Waals surface area contributed by atoms with Gasteiger partial charge in [0.15, 0.2) is 0 Å². The highest BCUT2D eigenvalue weighted by Crippen LogP contribution is 2.29. The van der Waals surface area contributed by atoms with Gasteiger partial charge in [-0.25, -0.2) is 13.8 Å². The molecule has 1 atom stereocenters. The molecule has 1 fully saturated rings. The van der Waals surface area contributed by atoms with E-state index in [4.69, 9.17) is 4.74 Å². The Balaban J connectivity index is 1.47. The first kappa shape index (κ1) is 19.4. The second-order valence-corrected chi connectivity index (χ2v) is 7.12. The van der Waals surface area contributed by atoms with Gasteiger partial charge in [0.1, 0.15) is 17.8 Å². The summed E-state index contributed by atoms with van der Waals surface area (Å²) in [5, 5.41) is 3.86.